The molecule has 1 amide bonds. The third kappa shape index (κ3) is 5.59. The minimum absolute atomic E-state index is 0.328. The van der Waals surface area contributed by atoms with Gasteiger partial charge >= 0.3 is 0 Å². The maximum absolute atomic E-state index is 12.3. The predicted molar refractivity (Wildman–Crippen MR) is 104 cm³/mol. The van der Waals surface area contributed by atoms with Crippen molar-refractivity contribution >= 4 is 39.3 Å². The molecule has 0 aliphatic carbocycles. The summed E-state index contributed by atoms with van der Waals surface area (Å²) in [6, 6.07) is 13.8. The van der Waals surface area contributed by atoms with Gasteiger partial charge in [-0.3, -0.25) is 4.79 Å². The van der Waals surface area contributed by atoms with Crippen LogP contribution in [0.4, 0.5) is 5.69 Å². The molecule has 0 radical (unpaired) electrons. The number of nitrogens with zero attached hydrogens (tertiary/aromatic N) is 1. The highest BCUT2D eigenvalue weighted by atomic mass is 35.5. The number of methoxy groups -OCH3 is 1. The minimum Gasteiger partial charge on any atom is -0.495 e. The summed E-state index contributed by atoms with van der Waals surface area (Å²) in [4.78, 5) is 12.1. The molecule has 0 fully saturated rings. The second-order valence-corrected chi connectivity index (χ2v) is 7.74. The number of likely N-dealkylation sites (N-methyl/N-ethyl adjacent to an activating group) is 1. The molecule has 0 saturated heterocycles. The Morgan fingerprint density at radius 2 is 1.92 bits per heavy atom. The van der Waals surface area contributed by atoms with Gasteiger partial charge in [-0.1, -0.05) is 41.9 Å². The Morgan fingerprint density at radius 1 is 1.23 bits per heavy atom. The van der Waals surface area contributed by atoms with Crippen LogP contribution in [0.25, 0.3) is 6.08 Å². The number of anilines is 1. The van der Waals surface area contributed by atoms with Gasteiger partial charge in [0.2, 0.25) is 15.9 Å². The van der Waals surface area contributed by atoms with E-state index in [1.165, 1.54) is 26.3 Å². The molecule has 0 heterocycles. The van der Waals surface area contributed by atoms with E-state index in [1.807, 2.05) is 18.2 Å². The summed E-state index contributed by atoms with van der Waals surface area (Å²) >= 11 is 6.00. The highest BCUT2D eigenvalue weighted by Gasteiger charge is 2.18. The largest absolute Gasteiger partial charge is 0.495 e. The third-order valence-corrected chi connectivity index (χ3v) is 5.24. The van der Waals surface area contributed by atoms with Gasteiger partial charge in [0.15, 0.2) is 0 Å². The van der Waals surface area contributed by atoms with Gasteiger partial charge in [-0.25, -0.2) is 8.42 Å². The van der Waals surface area contributed by atoms with E-state index in [9.17, 15) is 13.2 Å². The molecule has 0 aliphatic rings. The van der Waals surface area contributed by atoms with Crippen LogP contribution in [-0.2, 0) is 14.8 Å². The third-order valence-electron chi connectivity index (χ3n) is 3.47. The summed E-state index contributed by atoms with van der Waals surface area (Å²) in [6.45, 7) is -0.328. The molecule has 26 heavy (non-hydrogen) atoms. The molecular formula is C18H19ClN2O4S. The monoisotopic (exact) mass is 394 g/mol. The molecule has 0 saturated carbocycles. The van der Waals surface area contributed by atoms with Crippen LogP contribution in [0.2, 0.25) is 5.02 Å². The molecule has 0 aromatic heterocycles. The Labute approximate surface area is 158 Å². The molecule has 0 spiro atoms. The molecule has 0 aliphatic heterocycles. The SMILES string of the molecule is COc1ccc(NC(=O)CN(C)S(=O)(=O)/C=C/c2ccccc2)cc1Cl. The fourth-order valence-electron chi connectivity index (χ4n) is 2.07. The quantitative estimate of drug-likeness (QED) is 0.782. The topological polar surface area (TPSA) is 75.7 Å². The van der Waals surface area contributed by atoms with Crippen molar-refractivity contribution in [1.82, 2.24) is 4.31 Å². The van der Waals surface area contributed by atoms with Crippen LogP contribution in [0.1, 0.15) is 5.56 Å². The van der Waals surface area contributed by atoms with Gasteiger partial charge in [-0.15, -0.1) is 0 Å². The van der Waals surface area contributed by atoms with Crippen molar-refractivity contribution < 1.29 is 17.9 Å². The fourth-order valence-corrected chi connectivity index (χ4v) is 3.16. The Kier molecular flexibility index (Phi) is 6.79. The van der Waals surface area contributed by atoms with Crippen molar-refractivity contribution in [3.8, 4) is 5.75 Å². The van der Waals surface area contributed by atoms with Crippen molar-refractivity contribution in [2.24, 2.45) is 0 Å². The second kappa shape index (κ2) is 8.84. The van der Waals surface area contributed by atoms with Crippen LogP contribution in [0, 0.1) is 0 Å². The molecule has 2 rings (SSSR count). The number of benzene rings is 2. The van der Waals surface area contributed by atoms with Crippen LogP contribution in [-0.4, -0.2) is 39.3 Å². The lowest BCUT2D eigenvalue weighted by molar-refractivity contribution is -0.116. The first-order valence-corrected chi connectivity index (χ1v) is 9.53. The number of carbonyl (C=O) groups excluding carboxylic acids is 1. The molecule has 0 bridgehead atoms. The molecule has 0 atom stereocenters. The number of ether oxygens (including phenoxy) is 1. The second-order valence-electron chi connectivity index (χ2n) is 5.41. The van der Waals surface area contributed by atoms with E-state index in [1.54, 1.807) is 24.3 Å². The number of sulfonamides is 1. The summed E-state index contributed by atoms with van der Waals surface area (Å²) in [5, 5.41) is 4.02. The number of halogens is 1. The molecule has 2 aromatic rings. The highest BCUT2D eigenvalue weighted by molar-refractivity contribution is 7.92. The maximum Gasteiger partial charge on any atom is 0.239 e. The van der Waals surface area contributed by atoms with Crippen LogP contribution < -0.4 is 10.1 Å². The van der Waals surface area contributed by atoms with Gasteiger partial charge in [0.25, 0.3) is 0 Å². The molecule has 8 heteroatoms. The van der Waals surface area contributed by atoms with Gasteiger partial charge in [-0.05, 0) is 29.8 Å². The van der Waals surface area contributed by atoms with E-state index in [0.717, 1.165) is 15.3 Å². The molecule has 6 nitrogen and oxygen atoms in total. The zero-order chi connectivity index (χ0) is 19.2. The Balaban J connectivity index is 1.99. The van der Waals surface area contributed by atoms with E-state index in [-0.39, 0.29) is 6.54 Å². The number of carbonyl (C=O) groups is 1. The lowest BCUT2D eigenvalue weighted by atomic mass is 10.2. The first-order valence-electron chi connectivity index (χ1n) is 7.64. The first-order chi connectivity index (χ1) is 12.3. The van der Waals surface area contributed by atoms with Crippen molar-refractivity contribution in [3.05, 3.63) is 64.5 Å². The molecule has 138 valence electrons. The Hall–Kier alpha value is -2.35. The van der Waals surface area contributed by atoms with E-state index in [2.05, 4.69) is 5.32 Å². The number of nitrogens with one attached hydrogen (secondary N) is 1. The summed E-state index contributed by atoms with van der Waals surface area (Å²) in [7, 11) is -0.892. The average Bonchev–Trinajstić information content (AvgIpc) is 2.61. The van der Waals surface area contributed by atoms with Crippen molar-refractivity contribution in [1.29, 1.82) is 0 Å². The predicted octanol–water partition coefficient (Wildman–Crippen LogP) is 3.22. The van der Waals surface area contributed by atoms with Gasteiger partial charge in [0.05, 0.1) is 18.7 Å². The van der Waals surface area contributed by atoms with Crippen molar-refractivity contribution in [3.63, 3.8) is 0 Å². The van der Waals surface area contributed by atoms with Crippen molar-refractivity contribution in [2.45, 2.75) is 0 Å². The van der Waals surface area contributed by atoms with Crippen LogP contribution in [0.15, 0.2) is 53.9 Å². The van der Waals surface area contributed by atoms with E-state index in [4.69, 9.17) is 16.3 Å². The zero-order valence-corrected chi connectivity index (χ0v) is 15.9. The van der Waals surface area contributed by atoms with E-state index in [0.29, 0.717) is 16.5 Å². The number of hydrogen-bond acceptors (Lipinski definition) is 4. The molecule has 0 unspecified atom stereocenters. The summed E-state index contributed by atoms with van der Waals surface area (Å²) in [6.07, 6.45) is 1.48. The minimum atomic E-state index is -3.72. The van der Waals surface area contributed by atoms with Gasteiger partial charge in [0, 0.05) is 18.1 Å². The molecular weight excluding hydrogens is 376 g/mol. The summed E-state index contributed by atoms with van der Waals surface area (Å²) < 4.78 is 30.5. The first kappa shape index (κ1) is 20.0. The Morgan fingerprint density at radius 3 is 2.54 bits per heavy atom. The van der Waals surface area contributed by atoms with Gasteiger partial charge < -0.3 is 10.1 Å². The fraction of sp³-hybridized carbons (Fsp3) is 0.167. The lowest BCUT2D eigenvalue weighted by Gasteiger charge is -2.14. The molecule has 2 aromatic carbocycles. The van der Waals surface area contributed by atoms with Crippen LogP contribution >= 0.6 is 11.6 Å². The maximum atomic E-state index is 12.3. The number of amides is 1. The highest BCUT2D eigenvalue weighted by Crippen LogP contribution is 2.27. The zero-order valence-electron chi connectivity index (χ0n) is 14.3. The Bertz CT molecular complexity index is 899. The lowest BCUT2D eigenvalue weighted by Crippen LogP contribution is -2.33. The summed E-state index contributed by atoms with van der Waals surface area (Å²) in [5.41, 5.74) is 1.20. The van der Waals surface area contributed by atoms with Crippen LogP contribution in [0.3, 0.4) is 0 Å². The number of rotatable bonds is 7. The van der Waals surface area contributed by atoms with E-state index < -0.39 is 15.9 Å². The number of hydrogen-bond donors (Lipinski definition) is 1. The van der Waals surface area contributed by atoms with Gasteiger partial charge in [0.1, 0.15) is 5.75 Å². The summed E-state index contributed by atoms with van der Waals surface area (Å²) in [5.74, 6) is 0.000769. The van der Waals surface area contributed by atoms with Gasteiger partial charge in [-0.2, -0.15) is 4.31 Å². The average molecular weight is 395 g/mol. The van der Waals surface area contributed by atoms with E-state index >= 15 is 0 Å². The van der Waals surface area contributed by atoms with Crippen molar-refractivity contribution in [2.75, 3.05) is 26.0 Å². The molecule has 1 N–H and O–H groups in total. The standard InChI is InChI=1S/C18H19ClN2O4S/c1-21(26(23,24)11-10-14-6-4-3-5-7-14)13-18(22)20-15-8-9-17(25-2)16(19)12-15/h3-12H,13H2,1-2H3,(H,20,22)/b11-10+. The van der Waals surface area contributed by atoms with Crippen LogP contribution in [0.5, 0.6) is 5.75 Å². The smallest absolute Gasteiger partial charge is 0.239 e. The normalized spacial score (nSPS) is 11.7.